The molecule has 0 unspecified atom stereocenters. The number of aromatic nitrogens is 5. The number of hydrogen-bond acceptors (Lipinski definition) is 13. The monoisotopic (exact) mass is 700 g/mol. The fourth-order valence-corrected chi connectivity index (χ4v) is 4.06. The summed E-state index contributed by atoms with van der Waals surface area (Å²) >= 11 is 0. The van der Waals surface area contributed by atoms with E-state index in [-0.39, 0.29) is 32.1 Å². The number of anilines is 1. The van der Waals surface area contributed by atoms with E-state index in [9.17, 15) is 24.0 Å². The number of benzene rings is 1. The lowest BCUT2D eigenvalue weighted by Gasteiger charge is -2.21. The maximum atomic E-state index is 13.3. The molecule has 18 heteroatoms. The molecule has 0 aliphatic rings. The van der Waals surface area contributed by atoms with Crippen molar-refractivity contribution in [1.82, 2.24) is 34.8 Å². The molecule has 0 bridgehead atoms. The van der Waals surface area contributed by atoms with E-state index in [4.69, 9.17) is 23.7 Å². The smallest absolute Gasteiger partial charge is 0.413 e. The normalized spacial score (nSPS) is 11.0. The van der Waals surface area contributed by atoms with Crippen molar-refractivity contribution in [2.24, 2.45) is 0 Å². The molecule has 0 fully saturated rings. The lowest BCUT2D eigenvalue weighted by atomic mass is 10.2. The highest BCUT2D eigenvalue weighted by atomic mass is 16.6. The third kappa shape index (κ3) is 15.2. The minimum atomic E-state index is -0.802. The molecule has 3 rings (SSSR count). The molecule has 18 nitrogen and oxygen atoms in total. The lowest BCUT2D eigenvalue weighted by Crippen LogP contribution is -2.40. The molecular weight excluding hydrogens is 656 g/mol. The van der Waals surface area contributed by atoms with E-state index in [0.717, 1.165) is 10.1 Å². The number of nitrogens with zero attached hydrogens (tertiary/aromatic N) is 6. The third-order valence-electron chi connectivity index (χ3n) is 6.29. The summed E-state index contributed by atoms with van der Waals surface area (Å²) in [6, 6.07) is 10.4. The fourth-order valence-electron chi connectivity index (χ4n) is 4.06. The third-order valence-corrected chi connectivity index (χ3v) is 6.29. The van der Waals surface area contributed by atoms with Gasteiger partial charge >= 0.3 is 23.8 Å². The SMILES string of the molecule is CCOC(=O)CN(Cc1cn(CCOCCOCCNC(=O)OC(C)(C)C)nn1)C(=O)Cn1ccc(NC(=O)OCc2ccccc2)nc1=O. The molecule has 50 heavy (non-hydrogen) atoms. The van der Waals surface area contributed by atoms with Crippen LogP contribution in [0.1, 0.15) is 39.0 Å². The molecule has 0 radical (unpaired) electrons. The van der Waals surface area contributed by atoms with Gasteiger partial charge in [0.2, 0.25) is 5.91 Å². The summed E-state index contributed by atoms with van der Waals surface area (Å²) in [6.07, 6.45) is 1.60. The molecule has 0 saturated carbocycles. The predicted molar refractivity (Wildman–Crippen MR) is 177 cm³/mol. The van der Waals surface area contributed by atoms with E-state index in [2.05, 4.69) is 25.9 Å². The van der Waals surface area contributed by atoms with Crippen molar-refractivity contribution >= 4 is 29.9 Å². The van der Waals surface area contributed by atoms with Crippen LogP contribution in [0.2, 0.25) is 0 Å². The Hall–Kier alpha value is -5.36. The Morgan fingerprint density at radius 2 is 1.68 bits per heavy atom. The Labute approximate surface area is 289 Å². The highest BCUT2D eigenvalue weighted by Gasteiger charge is 2.21. The molecule has 2 aromatic heterocycles. The van der Waals surface area contributed by atoms with E-state index in [1.807, 2.05) is 18.2 Å². The fraction of sp³-hybridized carbons (Fsp3) is 0.500. The number of hydrogen-bond donors (Lipinski definition) is 2. The first kappa shape index (κ1) is 39.1. The van der Waals surface area contributed by atoms with Gasteiger partial charge in [0.25, 0.3) is 0 Å². The molecular formula is C32H44N8O10. The van der Waals surface area contributed by atoms with Gasteiger partial charge < -0.3 is 33.9 Å². The summed E-state index contributed by atoms with van der Waals surface area (Å²) in [5, 5.41) is 13.1. The molecule has 3 amide bonds. The molecule has 3 aromatic rings. The van der Waals surface area contributed by atoms with E-state index >= 15 is 0 Å². The second-order valence-electron chi connectivity index (χ2n) is 11.6. The quantitative estimate of drug-likeness (QED) is 0.104. The van der Waals surface area contributed by atoms with E-state index in [0.29, 0.717) is 45.2 Å². The lowest BCUT2D eigenvalue weighted by molar-refractivity contribution is -0.149. The van der Waals surface area contributed by atoms with Gasteiger partial charge in [0, 0.05) is 12.7 Å². The molecule has 272 valence electrons. The standard InChI is InChI=1S/C32H44N8O10/c1-5-48-28(42)22-39(19-25-20-40(37-36-25)14-16-47-18-17-46-15-12-33-30(44)50-32(2,3)4)27(41)21-38-13-11-26(34-29(38)43)35-31(45)49-23-24-9-7-6-8-10-24/h6-11,13,20H,5,12,14-19,21-23H2,1-4H3,(H,33,44)(H,34,35,43,45). The number of carbonyl (C=O) groups excluding carboxylic acids is 4. The second-order valence-corrected chi connectivity index (χ2v) is 11.6. The molecule has 0 atom stereocenters. The largest absolute Gasteiger partial charge is 0.465 e. The van der Waals surface area contributed by atoms with Crippen molar-refractivity contribution in [3.05, 3.63) is 70.5 Å². The average molecular weight is 701 g/mol. The minimum Gasteiger partial charge on any atom is -0.465 e. The van der Waals surface area contributed by atoms with Gasteiger partial charge in [-0.05, 0) is 39.3 Å². The maximum Gasteiger partial charge on any atom is 0.413 e. The van der Waals surface area contributed by atoms with Crippen LogP contribution >= 0.6 is 0 Å². The first-order chi connectivity index (χ1) is 23.9. The minimum absolute atomic E-state index is 0.0325. The van der Waals surface area contributed by atoms with Gasteiger partial charge in [-0.1, -0.05) is 35.5 Å². The van der Waals surface area contributed by atoms with Gasteiger partial charge in [0.05, 0.1) is 52.3 Å². The van der Waals surface area contributed by atoms with Crippen molar-refractivity contribution in [1.29, 1.82) is 0 Å². The van der Waals surface area contributed by atoms with Crippen LogP contribution in [0.25, 0.3) is 0 Å². The molecule has 0 aliphatic heterocycles. The summed E-state index contributed by atoms with van der Waals surface area (Å²) in [7, 11) is 0. The molecule has 2 heterocycles. The molecule has 1 aromatic carbocycles. The molecule has 0 spiro atoms. The van der Waals surface area contributed by atoms with Gasteiger partial charge in [-0.3, -0.25) is 19.5 Å². The summed E-state index contributed by atoms with van der Waals surface area (Å²) in [5.41, 5.74) is -0.193. The highest BCUT2D eigenvalue weighted by molar-refractivity contribution is 5.83. The van der Waals surface area contributed by atoms with Crippen LogP contribution in [0.5, 0.6) is 0 Å². The highest BCUT2D eigenvalue weighted by Crippen LogP contribution is 2.07. The Kier molecular flexibility index (Phi) is 15.8. The van der Waals surface area contributed by atoms with Crippen LogP contribution < -0.4 is 16.3 Å². The first-order valence-corrected chi connectivity index (χ1v) is 15.9. The van der Waals surface area contributed by atoms with Crippen LogP contribution in [-0.4, -0.2) is 105 Å². The zero-order valence-corrected chi connectivity index (χ0v) is 28.7. The van der Waals surface area contributed by atoms with Gasteiger partial charge in [-0.15, -0.1) is 5.10 Å². The molecule has 2 N–H and O–H groups in total. The number of esters is 1. The number of ether oxygens (including phenoxy) is 5. The van der Waals surface area contributed by atoms with Crippen molar-refractivity contribution < 1.29 is 42.9 Å². The second kappa shape index (κ2) is 20.2. The van der Waals surface area contributed by atoms with Crippen LogP contribution in [0, 0.1) is 0 Å². The number of carbonyl (C=O) groups is 4. The summed E-state index contributed by atoms with van der Waals surface area (Å²) in [6.45, 7) is 8.15. The van der Waals surface area contributed by atoms with Gasteiger partial charge in [-0.25, -0.2) is 19.1 Å². The first-order valence-electron chi connectivity index (χ1n) is 15.9. The Balaban J connectivity index is 1.44. The van der Waals surface area contributed by atoms with Crippen LogP contribution in [0.4, 0.5) is 15.4 Å². The van der Waals surface area contributed by atoms with Crippen LogP contribution in [-0.2, 0) is 59.5 Å². The Morgan fingerprint density at radius 3 is 2.38 bits per heavy atom. The van der Waals surface area contributed by atoms with Crippen LogP contribution in [0.15, 0.2) is 53.6 Å². The van der Waals surface area contributed by atoms with Crippen molar-refractivity contribution in [2.45, 2.75) is 59.5 Å². The summed E-state index contributed by atoms with van der Waals surface area (Å²) < 4.78 is 28.8. The van der Waals surface area contributed by atoms with Gasteiger partial charge in [0.15, 0.2) is 0 Å². The zero-order valence-electron chi connectivity index (χ0n) is 28.7. The zero-order chi connectivity index (χ0) is 36.4. The van der Waals surface area contributed by atoms with Gasteiger partial charge in [-0.2, -0.15) is 4.98 Å². The number of amides is 3. The molecule has 0 aliphatic carbocycles. The van der Waals surface area contributed by atoms with E-state index < -0.39 is 41.9 Å². The van der Waals surface area contributed by atoms with Gasteiger partial charge in [0.1, 0.15) is 36.8 Å². The Bertz CT molecular complexity index is 1590. The van der Waals surface area contributed by atoms with Crippen molar-refractivity contribution in [2.75, 3.05) is 51.4 Å². The summed E-state index contributed by atoms with van der Waals surface area (Å²) in [4.78, 5) is 66.9. The van der Waals surface area contributed by atoms with E-state index in [1.54, 1.807) is 46.0 Å². The number of nitrogens with one attached hydrogen (secondary N) is 2. The number of rotatable bonds is 19. The van der Waals surface area contributed by atoms with Crippen LogP contribution in [0.3, 0.4) is 0 Å². The molecule has 0 saturated heterocycles. The van der Waals surface area contributed by atoms with Crippen molar-refractivity contribution in [3.63, 3.8) is 0 Å². The van der Waals surface area contributed by atoms with E-state index in [1.165, 1.54) is 21.8 Å². The summed E-state index contributed by atoms with van der Waals surface area (Å²) in [5.74, 6) is -1.27. The van der Waals surface area contributed by atoms with Crippen molar-refractivity contribution in [3.8, 4) is 0 Å². The maximum absolute atomic E-state index is 13.3. The predicted octanol–water partition coefficient (Wildman–Crippen LogP) is 1.73. The topological polar surface area (TPSA) is 207 Å². The number of alkyl carbamates (subject to hydrolysis) is 1. The average Bonchev–Trinajstić information content (AvgIpc) is 3.50. The Morgan fingerprint density at radius 1 is 0.940 bits per heavy atom.